The van der Waals surface area contributed by atoms with Gasteiger partial charge in [-0.05, 0) is 0 Å². The van der Waals surface area contributed by atoms with Crippen LogP contribution in [0.15, 0.2) is 18.2 Å². The van der Waals surface area contributed by atoms with Crippen molar-refractivity contribution in [3.63, 3.8) is 0 Å². The van der Waals surface area contributed by atoms with E-state index in [0.29, 0.717) is 6.07 Å². The van der Waals surface area contributed by atoms with Gasteiger partial charge in [-0.2, -0.15) is 0 Å². The molecule has 0 amide bonds. The van der Waals surface area contributed by atoms with Crippen molar-refractivity contribution in [2.24, 2.45) is 0 Å². The van der Waals surface area contributed by atoms with Gasteiger partial charge in [0.15, 0.2) is 0 Å². The van der Waals surface area contributed by atoms with Crippen molar-refractivity contribution in [3.05, 3.63) is 38.4 Å². The van der Waals surface area contributed by atoms with Crippen LogP contribution in [0, 0.1) is 20.2 Å². The molecule has 0 saturated carbocycles. The zero-order valence-electron chi connectivity index (χ0n) is 10.6. The summed E-state index contributed by atoms with van der Waals surface area (Å²) in [5, 5.41) is 19.9. The van der Waals surface area contributed by atoms with Crippen LogP contribution in [0.1, 0.15) is 6.92 Å². The molecule has 21 heavy (non-hydrogen) atoms. The summed E-state index contributed by atoms with van der Waals surface area (Å²) in [6.07, 6.45) is -0.967. The molecule has 2 N–H and O–H groups in total. The van der Waals surface area contributed by atoms with Crippen LogP contribution in [0.3, 0.4) is 0 Å². The maximum absolute atomic E-state index is 11.1. The third kappa shape index (κ3) is 5.06. The van der Waals surface area contributed by atoms with Crippen LogP contribution in [0.2, 0.25) is 0 Å². The molecule has 0 saturated heterocycles. The minimum absolute atomic E-state index is 0.272. The second-order valence-electron chi connectivity index (χ2n) is 3.90. The Labute approximate surface area is 120 Å². The molecule has 0 aliphatic heterocycles. The summed E-state index contributed by atoms with van der Waals surface area (Å²) in [6, 6.07) is 2.74. The van der Waals surface area contributed by atoms with Crippen LogP contribution in [-0.2, 0) is 8.58 Å². The Bertz CT molecular complexity index is 599. The summed E-state index contributed by atoms with van der Waals surface area (Å²) < 4.78 is 33.7. The fraction of sp³-hybridized carbons (Fsp3) is 0.333. The summed E-state index contributed by atoms with van der Waals surface area (Å²) in [4.78, 5) is 24.2. The Hall–Kier alpha value is -2.10. The molecule has 0 bridgehead atoms. The molecule has 0 radical (unpaired) electrons. The van der Waals surface area contributed by atoms with Crippen molar-refractivity contribution in [1.82, 2.24) is 0 Å². The molecular formula is C9H11AsN2O9. The molecule has 12 heteroatoms. The quantitative estimate of drug-likeness (QED) is 0.355. The normalized spacial score (nSPS) is 12.5. The molecule has 1 aromatic carbocycles. The van der Waals surface area contributed by atoms with Gasteiger partial charge in [0.25, 0.3) is 0 Å². The Morgan fingerprint density at radius 3 is 2.43 bits per heavy atom. The van der Waals surface area contributed by atoms with Crippen LogP contribution in [0.25, 0.3) is 0 Å². The number of nitro benzene ring substituents is 1. The van der Waals surface area contributed by atoms with Crippen molar-refractivity contribution in [3.8, 4) is 5.75 Å². The first-order chi connectivity index (χ1) is 9.61. The second-order valence-corrected chi connectivity index (χ2v) is 7.27. The molecule has 11 nitrogen and oxygen atoms in total. The van der Waals surface area contributed by atoms with E-state index in [1.54, 1.807) is 0 Å². The predicted octanol–water partition coefficient (Wildman–Crippen LogP) is -0.869. The van der Waals surface area contributed by atoms with Gasteiger partial charge in [0.1, 0.15) is 0 Å². The first kappa shape index (κ1) is 17.0. The van der Waals surface area contributed by atoms with E-state index in [0.717, 1.165) is 12.1 Å². The summed E-state index contributed by atoms with van der Waals surface area (Å²) in [7, 11) is 0. The van der Waals surface area contributed by atoms with Gasteiger partial charge in [-0.3, -0.25) is 0 Å². The number of nitro groups is 1. The summed E-state index contributed by atoms with van der Waals surface area (Å²) in [5.41, 5.74) is -0.648. The van der Waals surface area contributed by atoms with Gasteiger partial charge >= 0.3 is 120 Å². The zero-order valence-corrected chi connectivity index (χ0v) is 12.5. The Balaban J connectivity index is 2.95. The second kappa shape index (κ2) is 6.57. The molecule has 0 aliphatic carbocycles. The fourth-order valence-electron chi connectivity index (χ4n) is 1.34. The third-order valence-corrected chi connectivity index (χ3v) is 4.21. The van der Waals surface area contributed by atoms with E-state index in [-0.39, 0.29) is 12.4 Å². The van der Waals surface area contributed by atoms with Crippen LogP contribution < -0.4 is 9.09 Å². The number of rotatable bonds is 7. The van der Waals surface area contributed by atoms with E-state index < -0.39 is 40.3 Å². The van der Waals surface area contributed by atoms with Gasteiger partial charge < -0.3 is 0 Å². The SMILES string of the molecule is CC(COc1ccc([As](=O)(O)O)cc1[N+](=O)[O-])O[N+](=O)[O-]. The number of hydrogen-bond acceptors (Lipinski definition) is 7. The Morgan fingerprint density at radius 2 is 1.95 bits per heavy atom. The molecule has 0 heterocycles. The first-order valence-electron chi connectivity index (χ1n) is 5.39. The van der Waals surface area contributed by atoms with E-state index in [2.05, 4.69) is 4.84 Å². The topological polar surface area (TPSA) is 162 Å². The molecule has 1 unspecified atom stereocenters. The summed E-state index contributed by atoms with van der Waals surface area (Å²) >= 11 is -5.27. The molecule has 1 aromatic rings. The van der Waals surface area contributed by atoms with E-state index in [1.165, 1.54) is 6.92 Å². The predicted molar refractivity (Wildman–Crippen MR) is 66.6 cm³/mol. The molecular weight excluding hydrogens is 355 g/mol. The number of benzene rings is 1. The van der Waals surface area contributed by atoms with E-state index in [1.807, 2.05) is 0 Å². The zero-order chi connectivity index (χ0) is 16.2. The average molecular weight is 366 g/mol. The van der Waals surface area contributed by atoms with Gasteiger partial charge in [0.05, 0.1) is 0 Å². The Kier molecular flexibility index (Phi) is 5.30. The van der Waals surface area contributed by atoms with Gasteiger partial charge in [0, 0.05) is 0 Å². The van der Waals surface area contributed by atoms with Gasteiger partial charge in [-0.1, -0.05) is 0 Å². The third-order valence-electron chi connectivity index (χ3n) is 2.22. The fourth-order valence-corrected chi connectivity index (χ4v) is 2.51. The van der Waals surface area contributed by atoms with Crippen molar-refractivity contribution in [2.45, 2.75) is 13.0 Å². The van der Waals surface area contributed by atoms with Gasteiger partial charge in [0.2, 0.25) is 0 Å². The maximum atomic E-state index is 11.1. The molecule has 0 aromatic heterocycles. The standard InChI is InChI=1S/C9H11AsN2O9/c1-6(21-12(18)19)5-20-9-3-2-7(10(13,14)15)4-8(9)11(16)17/h2-4,6H,5H2,1H3,(H2,13,14,15). The summed E-state index contributed by atoms with van der Waals surface area (Å²) in [6.45, 7) is 0.976. The number of nitrogens with zero attached hydrogens (tertiary/aromatic N) is 2. The van der Waals surface area contributed by atoms with Crippen LogP contribution in [-0.4, -0.2) is 45.1 Å². The van der Waals surface area contributed by atoms with Crippen LogP contribution >= 0.6 is 0 Å². The molecule has 1 rings (SSSR count). The van der Waals surface area contributed by atoms with E-state index >= 15 is 0 Å². The summed E-state index contributed by atoms with van der Waals surface area (Å²) in [5.74, 6) is -0.272. The monoisotopic (exact) mass is 366 g/mol. The molecule has 0 fully saturated rings. The van der Waals surface area contributed by atoms with Crippen molar-refractivity contribution >= 4 is 24.2 Å². The molecule has 116 valence electrons. The minimum atomic E-state index is -5.27. The molecule has 0 aliphatic rings. The molecule has 1 atom stereocenters. The average Bonchev–Trinajstić information content (AvgIpc) is 2.34. The number of hydrogen-bond donors (Lipinski definition) is 2. The first-order valence-corrected chi connectivity index (χ1v) is 8.78. The van der Waals surface area contributed by atoms with Crippen molar-refractivity contribution in [1.29, 1.82) is 0 Å². The Morgan fingerprint density at radius 1 is 1.33 bits per heavy atom. The van der Waals surface area contributed by atoms with E-state index in [4.69, 9.17) is 12.9 Å². The van der Waals surface area contributed by atoms with Crippen LogP contribution in [0.4, 0.5) is 5.69 Å². The van der Waals surface area contributed by atoms with Crippen LogP contribution in [0.5, 0.6) is 5.75 Å². The van der Waals surface area contributed by atoms with Crippen molar-refractivity contribution in [2.75, 3.05) is 6.61 Å². The van der Waals surface area contributed by atoms with Gasteiger partial charge in [-0.15, -0.1) is 0 Å². The number of ether oxygens (including phenoxy) is 1. The van der Waals surface area contributed by atoms with E-state index in [9.17, 15) is 24.0 Å². The van der Waals surface area contributed by atoms with Gasteiger partial charge in [-0.25, -0.2) is 0 Å². The van der Waals surface area contributed by atoms with Crippen molar-refractivity contribution < 1.29 is 31.5 Å². The molecule has 0 spiro atoms.